The number of hydrogen-bond donors (Lipinski definition) is 3. The van der Waals surface area contributed by atoms with Crippen LogP contribution >= 0.6 is 12.4 Å². The lowest BCUT2D eigenvalue weighted by molar-refractivity contribution is -0.146. The number of halogens is 1. The van der Waals surface area contributed by atoms with Gasteiger partial charge < -0.3 is 34.8 Å². The maximum Gasteiger partial charge on any atom is 0.410 e. The average Bonchev–Trinajstić information content (AvgIpc) is 3.67. The van der Waals surface area contributed by atoms with Gasteiger partial charge in [0.2, 0.25) is 11.8 Å². The lowest BCUT2D eigenvalue weighted by Crippen LogP contribution is -2.56. The van der Waals surface area contributed by atoms with Crippen LogP contribution in [0.1, 0.15) is 96.7 Å². The van der Waals surface area contributed by atoms with Crippen molar-refractivity contribution in [3.8, 4) is 0 Å². The summed E-state index contributed by atoms with van der Waals surface area (Å²) in [6, 6.07) is 7.84. The van der Waals surface area contributed by atoms with Gasteiger partial charge in [0.15, 0.2) is 6.10 Å². The van der Waals surface area contributed by atoms with Crippen LogP contribution in [0.15, 0.2) is 42.9 Å². The normalized spacial score (nSPS) is 15.5. The smallest absolute Gasteiger partial charge is 0.410 e. The molecule has 298 valence electrons. The van der Waals surface area contributed by atoms with Crippen LogP contribution in [0.5, 0.6) is 0 Å². The molecule has 1 aromatic heterocycles. The fourth-order valence-corrected chi connectivity index (χ4v) is 7.05. The molecule has 0 saturated heterocycles. The summed E-state index contributed by atoms with van der Waals surface area (Å²) < 4.78 is 5.89. The van der Waals surface area contributed by atoms with Crippen LogP contribution in [0.3, 0.4) is 0 Å². The van der Waals surface area contributed by atoms with E-state index in [1.165, 1.54) is 22.5 Å². The van der Waals surface area contributed by atoms with E-state index in [4.69, 9.17) is 4.74 Å². The highest BCUT2D eigenvalue weighted by atomic mass is 35.5. The molecule has 1 aliphatic rings. The van der Waals surface area contributed by atoms with Crippen LogP contribution in [0, 0.1) is 17.8 Å². The number of aliphatic hydroxyl groups excluding tert-OH is 1. The average molecular weight is 761 g/mol. The molecule has 2 aromatic rings. The zero-order valence-electron chi connectivity index (χ0n) is 33.0. The Bertz CT molecular complexity index is 1370. The second-order valence-electron chi connectivity index (χ2n) is 15.0. The molecule has 1 aromatic carbocycles. The van der Waals surface area contributed by atoms with Crippen molar-refractivity contribution in [2.24, 2.45) is 17.8 Å². The zero-order chi connectivity index (χ0) is 38.2. The van der Waals surface area contributed by atoms with E-state index in [0.717, 1.165) is 44.1 Å². The van der Waals surface area contributed by atoms with E-state index < -0.39 is 36.3 Å². The summed E-state index contributed by atoms with van der Waals surface area (Å²) in [5, 5.41) is 14.7. The van der Waals surface area contributed by atoms with Crippen molar-refractivity contribution in [3.63, 3.8) is 0 Å². The SMILES string of the molecule is CCC(CC)C[C@H](O)[C@H](CC1CCCCC1)NC(=O)[C@H](Cc1cnc[nH]1)N(C)C(=O)[C@H](Cc1ccccc1)OC(=O)N(C)CCN(C)C(=O)C(C)C.Cl. The first kappa shape index (κ1) is 45.5. The van der Waals surface area contributed by atoms with Crippen molar-refractivity contribution in [1.29, 1.82) is 0 Å². The van der Waals surface area contributed by atoms with Gasteiger partial charge in [0.25, 0.3) is 5.91 Å². The Labute approximate surface area is 323 Å². The highest BCUT2D eigenvalue weighted by Crippen LogP contribution is 2.29. The monoisotopic (exact) mass is 760 g/mol. The first-order valence-electron chi connectivity index (χ1n) is 19.3. The Balaban J connectivity index is 0.00000972. The molecule has 3 rings (SSSR count). The molecular weight excluding hydrogens is 696 g/mol. The molecule has 4 amide bonds. The molecule has 53 heavy (non-hydrogen) atoms. The molecule has 0 bridgehead atoms. The predicted octanol–water partition coefficient (Wildman–Crippen LogP) is 5.64. The molecule has 4 atom stereocenters. The number of rotatable bonds is 20. The third kappa shape index (κ3) is 14.6. The molecule has 12 nitrogen and oxygen atoms in total. The number of benzene rings is 1. The van der Waals surface area contributed by atoms with Gasteiger partial charge in [0, 0.05) is 64.9 Å². The van der Waals surface area contributed by atoms with Crippen molar-refractivity contribution in [3.05, 3.63) is 54.1 Å². The van der Waals surface area contributed by atoms with Gasteiger partial charge in [-0.25, -0.2) is 9.78 Å². The molecule has 1 aliphatic carbocycles. The molecule has 3 N–H and O–H groups in total. The molecule has 0 aliphatic heterocycles. The van der Waals surface area contributed by atoms with Gasteiger partial charge in [-0.1, -0.05) is 103 Å². The van der Waals surface area contributed by atoms with Crippen LogP contribution in [0.4, 0.5) is 4.79 Å². The summed E-state index contributed by atoms with van der Waals surface area (Å²) in [6.07, 6.45) is 9.57. The number of aromatic nitrogens is 2. The summed E-state index contributed by atoms with van der Waals surface area (Å²) in [5.41, 5.74) is 1.45. The van der Waals surface area contributed by atoms with Crippen LogP contribution in [-0.4, -0.2) is 112 Å². The van der Waals surface area contributed by atoms with Crippen molar-refractivity contribution in [1.82, 2.24) is 30.0 Å². The first-order chi connectivity index (χ1) is 24.8. The third-order valence-electron chi connectivity index (χ3n) is 10.7. The number of H-pyrrole nitrogens is 1. The predicted molar refractivity (Wildman–Crippen MR) is 209 cm³/mol. The van der Waals surface area contributed by atoms with Crippen molar-refractivity contribution in [2.45, 2.75) is 123 Å². The number of nitrogens with zero attached hydrogens (tertiary/aromatic N) is 4. The van der Waals surface area contributed by atoms with Crippen LogP contribution in [0.25, 0.3) is 0 Å². The van der Waals surface area contributed by atoms with E-state index in [1.54, 1.807) is 32.2 Å². The maximum atomic E-state index is 14.4. The molecule has 0 unspecified atom stereocenters. The lowest BCUT2D eigenvalue weighted by atomic mass is 9.82. The maximum absolute atomic E-state index is 14.4. The molecule has 1 fully saturated rings. The number of hydrogen-bond acceptors (Lipinski definition) is 7. The standard InChI is InChI=1S/C40H64N6O6.ClH/c1-8-29(9-2)23-35(47)33(22-30-16-12-10-13-17-30)43-37(48)34(25-32-26-41-27-42-32)46(7)39(50)36(24-31-18-14-11-15-19-31)52-40(51)45(6)21-20-44(5)38(49)28(3)4;/h11,14-15,18-19,26-30,33-36,47H,8-10,12-13,16-17,20-25H2,1-7H3,(H,41,42)(H,43,48);1H/t33-,34-,35-,36-;/m0./s1. The van der Waals surface area contributed by atoms with Crippen LogP contribution < -0.4 is 5.32 Å². The number of carbonyl (C=O) groups is 4. The number of aliphatic hydroxyl groups is 1. The Morgan fingerprint density at radius 1 is 0.943 bits per heavy atom. The Hall–Kier alpha value is -3.64. The summed E-state index contributed by atoms with van der Waals surface area (Å²) in [7, 11) is 4.81. The van der Waals surface area contributed by atoms with E-state index in [-0.39, 0.29) is 49.5 Å². The highest BCUT2D eigenvalue weighted by Gasteiger charge is 2.37. The van der Waals surface area contributed by atoms with Gasteiger partial charge in [-0.05, 0) is 30.2 Å². The van der Waals surface area contributed by atoms with Crippen LogP contribution in [0.2, 0.25) is 0 Å². The largest absolute Gasteiger partial charge is 0.436 e. The van der Waals surface area contributed by atoms with Crippen molar-refractivity contribution in [2.75, 3.05) is 34.2 Å². The Morgan fingerprint density at radius 3 is 2.17 bits per heavy atom. The summed E-state index contributed by atoms with van der Waals surface area (Å²) in [5.74, 6) is -0.364. The van der Waals surface area contributed by atoms with Crippen molar-refractivity contribution < 1.29 is 29.0 Å². The Morgan fingerprint density at radius 2 is 1.58 bits per heavy atom. The van der Waals surface area contributed by atoms with Gasteiger partial charge in [0.05, 0.1) is 18.5 Å². The van der Waals surface area contributed by atoms with Gasteiger partial charge >= 0.3 is 6.09 Å². The second kappa shape index (κ2) is 23.2. The summed E-state index contributed by atoms with van der Waals surface area (Å²) >= 11 is 0. The molecule has 1 saturated carbocycles. The van der Waals surface area contributed by atoms with Gasteiger partial charge in [-0.15, -0.1) is 12.4 Å². The Kier molecular flexibility index (Phi) is 19.9. The topological polar surface area (TPSA) is 148 Å². The molecule has 0 spiro atoms. The minimum Gasteiger partial charge on any atom is -0.436 e. The number of ether oxygens (including phenoxy) is 1. The number of aromatic amines is 1. The van der Waals surface area contributed by atoms with Crippen molar-refractivity contribution >= 4 is 36.2 Å². The summed E-state index contributed by atoms with van der Waals surface area (Å²) in [4.78, 5) is 66.0. The minimum absolute atomic E-state index is 0. The quantitative estimate of drug-likeness (QED) is 0.158. The third-order valence-corrected chi connectivity index (χ3v) is 10.7. The summed E-state index contributed by atoms with van der Waals surface area (Å²) in [6.45, 7) is 8.40. The number of amides is 4. The number of imidazole rings is 1. The van der Waals surface area contributed by atoms with E-state index in [9.17, 15) is 24.3 Å². The number of nitrogens with one attached hydrogen (secondary N) is 2. The van der Waals surface area contributed by atoms with E-state index in [0.29, 0.717) is 36.9 Å². The fourth-order valence-electron chi connectivity index (χ4n) is 7.05. The highest BCUT2D eigenvalue weighted by molar-refractivity contribution is 5.90. The molecule has 1 heterocycles. The second-order valence-corrected chi connectivity index (χ2v) is 15.0. The van der Waals surface area contributed by atoms with E-state index >= 15 is 0 Å². The number of likely N-dealkylation sites (N-methyl/N-ethyl adjacent to an activating group) is 3. The fraction of sp³-hybridized carbons (Fsp3) is 0.675. The van der Waals surface area contributed by atoms with Crippen LogP contribution in [-0.2, 0) is 32.0 Å². The lowest BCUT2D eigenvalue weighted by Gasteiger charge is -2.35. The first-order valence-corrected chi connectivity index (χ1v) is 19.3. The zero-order valence-corrected chi connectivity index (χ0v) is 33.8. The molecule has 13 heteroatoms. The van der Waals surface area contributed by atoms with E-state index in [1.807, 2.05) is 44.2 Å². The minimum atomic E-state index is -1.23. The van der Waals surface area contributed by atoms with Gasteiger partial charge in [0.1, 0.15) is 6.04 Å². The van der Waals surface area contributed by atoms with Gasteiger partial charge in [-0.3, -0.25) is 14.4 Å². The van der Waals surface area contributed by atoms with E-state index in [2.05, 4.69) is 29.1 Å². The molecule has 0 radical (unpaired) electrons. The number of carbonyl (C=O) groups excluding carboxylic acids is 4. The molecular formula is C40H65ClN6O6. The van der Waals surface area contributed by atoms with Gasteiger partial charge in [-0.2, -0.15) is 0 Å².